The lowest BCUT2D eigenvalue weighted by Gasteiger charge is -2.11. The molecule has 0 aliphatic carbocycles. The van der Waals surface area contributed by atoms with Crippen LogP contribution >= 0.6 is 0 Å². The fraction of sp³-hybridized carbons (Fsp3) is 0.280. The highest BCUT2D eigenvalue weighted by Gasteiger charge is 2.12. The van der Waals surface area contributed by atoms with Gasteiger partial charge >= 0.3 is 0 Å². The number of hydrogen-bond acceptors (Lipinski definition) is 3. The first kappa shape index (κ1) is 21.5. The van der Waals surface area contributed by atoms with Gasteiger partial charge in [0.25, 0.3) is 5.91 Å². The lowest BCUT2D eigenvalue weighted by Crippen LogP contribution is -2.23. The SMILES string of the molecule is CC=CCCCCCOc1cccc(CNC(=O)c2ccc3ncccc3c2)c1F. The number of amides is 1. The summed E-state index contributed by atoms with van der Waals surface area (Å²) in [7, 11) is 0. The molecule has 0 spiro atoms. The van der Waals surface area contributed by atoms with Crippen molar-refractivity contribution in [3.8, 4) is 5.75 Å². The number of fused-ring (bicyclic) bond motifs is 1. The molecular weight excluding hydrogens is 379 g/mol. The first-order valence-corrected chi connectivity index (χ1v) is 10.3. The van der Waals surface area contributed by atoms with Crippen LogP contribution in [0.3, 0.4) is 0 Å². The predicted molar refractivity (Wildman–Crippen MR) is 118 cm³/mol. The van der Waals surface area contributed by atoms with Gasteiger partial charge in [0, 0.05) is 29.3 Å². The summed E-state index contributed by atoms with van der Waals surface area (Å²) in [6, 6.07) is 14.1. The molecule has 0 bridgehead atoms. The molecule has 0 saturated carbocycles. The molecule has 3 rings (SSSR count). The number of carbonyl (C=O) groups is 1. The van der Waals surface area contributed by atoms with E-state index in [1.54, 1.807) is 42.6 Å². The number of allylic oxidation sites excluding steroid dienone is 2. The molecule has 1 N–H and O–H groups in total. The third kappa shape index (κ3) is 5.89. The second-order valence-corrected chi connectivity index (χ2v) is 7.09. The van der Waals surface area contributed by atoms with Crippen molar-refractivity contribution in [2.75, 3.05) is 6.61 Å². The smallest absolute Gasteiger partial charge is 0.251 e. The van der Waals surface area contributed by atoms with Crippen LogP contribution in [0.15, 0.2) is 66.9 Å². The van der Waals surface area contributed by atoms with Gasteiger partial charge in [-0.2, -0.15) is 0 Å². The van der Waals surface area contributed by atoms with Crippen molar-refractivity contribution in [2.45, 2.75) is 39.2 Å². The molecule has 1 amide bonds. The number of benzene rings is 2. The Labute approximate surface area is 176 Å². The maximum absolute atomic E-state index is 14.7. The van der Waals surface area contributed by atoms with Gasteiger partial charge in [-0.1, -0.05) is 30.4 Å². The van der Waals surface area contributed by atoms with Crippen molar-refractivity contribution in [3.63, 3.8) is 0 Å². The summed E-state index contributed by atoms with van der Waals surface area (Å²) in [6.45, 7) is 2.59. The van der Waals surface area contributed by atoms with E-state index >= 15 is 0 Å². The Balaban J connectivity index is 1.53. The van der Waals surface area contributed by atoms with Crippen LogP contribution in [0.2, 0.25) is 0 Å². The molecule has 4 nitrogen and oxygen atoms in total. The van der Waals surface area contributed by atoms with Crippen molar-refractivity contribution in [1.82, 2.24) is 10.3 Å². The minimum Gasteiger partial charge on any atom is -0.491 e. The van der Waals surface area contributed by atoms with Gasteiger partial charge in [0.05, 0.1) is 12.1 Å². The van der Waals surface area contributed by atoms with Crippen LogP contribution in [0.25, 0.3) is 10.9 Å². The van der Waals surface area contributed by atoms with Crippen molar-refractivity contribution >= 4 is 16.8 Å². The molecule has 1 heterocycles. The Hall–Kier alpha value is -3.21. The molecule has 3 aromatic rings. The fourth-order valence-corrected chi connectivity index (χ4v) is 3.19. The highest BCUT2D eigenvalue weighted by atomic mass is 19.1. The topological polar surface area (TPSA) is 51.2 Å². The molecule has 2 aromatic carbocycles. The molecule has 5 heteroatoms. The van der Waals surface area contributed by atoms with E-state index in [2.05, 4.69) is 16.4 Å². The van der Waals surface area contributed by atoms with Crippen LogP contribution in [0.1, 0.15) is 48.5 Å². The maximum Gasteiger partial charge on any atom is 0.251 e. The average molecular weight is 407 g/mol. The van der Waals surface area contributed by atoms with Crippen molar-refractivity contribution in [3.05, 3.63) is 83.8 Å². The summed E-state index contributed by atoms with van der Waals surface area (Å²) in [5, 5.41) is 3.67. The number of pyridine rings is 1. The van der Waals surface area contributed by atoms with Crippen LogP contribution < -0.4 is 10.1 Å². The van der Waals surface area contributed by atoms with Gasteiger partial charge in [-0.05, 0) is 62.9 Å². The number of hydrogen-bond donors (Lipinski definition) is 1. The number of nitrogens with zero attached hydrogens (tertiary/aromatic N) is 1. The summed E-state index contributed by atoms with van der Waals surface area (Å²) in [6.07, 6.45) is 10.0. The van der Waals surface area contributed by atoms with E-state index in [1.807, 2.05) is 25.1 Å². The zero-order valence-corrected chi connectivity index (χ0v) is 17.2. The molecular formula is C25H27FN2O2. The molecule has 0 aliphatic heterocycles. The van der Waals surface area contributed by atoms with Crippen LogP contribution in [0, 0.1) is 5.82 Å². The van der Waals surface area contributed by atoms with Gasteiger partial charge in [0.15, 0.2) is 11.6 Å². The number of rotatable bonds is 10. The van der Waals surface area contributed by atoms with E-state index in [4.69, 9.17) is 4.74 Å². The van der Waals surface area contributed by atoms with Gasteiger partial charge in [-0.3, -0.25) is 9.78 Å². The molecule has 0 radical (unpaired) electrons. The Morgan fingerprint density at radius 1 is 1.13 bits per heavy atom. The minimum absolute atomic E-state index is 0.0935. The monoisotopic (exact) mass is 406 g/mol. The molecule has 0 fully saturated rings. The highest BCUT2D eigenvalue weighted by Crippen LogP contribution is 2.21. The Kier molecular flexibility index (Phi) is 7.95. The number of ether oxygens (including phenoxy) is 1. The summed E-state index contributed by atoms with van der Waals surface area (Å²) < 4.78 is 20.3. The first-order chi connectivity index (χ1) is 14.7. The predicted octanol–water partition coefficient (Wildman–Crippen LogP) is 5.82. The lowest BCUT2D eigenvalue weighted by atomic mass is 10.1. The fourth-order valence-electron chi connectivity index (χ4n) is 3.19. The molecule has 156 valence electrons. The molecule has 0 saturated heterocycles. The van der Waals surface area contributed by atoms with Gasteiger partial charge in [-0.15, -0.1) is 0 Å². The van der Waals surface area contributed by atoms with Gasteiger partial charge in [-0.25, -0.2) is 4.39 Å². The molecule has 0 atom stereocenters. The average Bonchev–Trinajstić information content (AvgIpc) is 2.78. The number of unbranched alkanes of at least 4 members (excludes halogenated alkanes) is 3. The molecule has 0 aliphatic rings. The third-order valence-electron chi connectivity index (χ3n) is 4.86. The summed E-state index contributed by atoms with van der Waals surface area (Å²) in [5.74, 6) is -0.450. The zero-order chi connectivity index (χ0) is 21.2. The van der Waals surface area contributed by atoms with Gasteiger partial charge in [0.1, 0.15) is 0 Å². The van der Waals surface area contributed by atoms with Crippen molar-refractivity contribution < 1.29 is 13.9 Å². The second kappa shape index (κ2) is 11.1. The maximum atomic E-state index is 14.7. The Morgan fingerprint density at radius 3 is 2.90 bits per heavy atom. The first-order valence-electron chi connectivity index (χ1n) is 10.3. The summed E-state index contributed by atoms with van der Waals surface area (Å²) >= 11 is 0. The van der Waals surface area contributed by atoms with E-state index in [0.29, 0.717) is 17.7 Å². The van der Waals surface area contributed by atoms with Crippen LogP contribution in [0.5, 0.6) is 5.75 Å². The lowest BCUT2D eigenvalue weighted by molar-refractivity contribution is 0.0950. The highest BCUT2D eigenvalue weighted by molar-refractivity contribution is 5.97. The van der Waals surface area contributed by atoms with Crippen LogP contribution in [-0.4, -0.2) is 17.5 Å². The van der Waals surface area contributed by atoms with E-state index in [1.165, 1.54) is 0 Å². The normalized spacial score (nSPS) is 11.1. The Morgan fingerprint density at radius 2 is 2.03 bits per heavy atom. The number of halogens is 1. The van der Waals surface area contributed by atoms with Crippen LogP contribution in [-0.2, 0) is 6.54 Å². The van der Waals surface area contributed by atoms with E-state index in [9.17, 15) is 9.18 Å². The van der Waals surface area contributed by atoms with Crippen molar-refractivity contribution in [1.29, 1.82) is 0 Å². The number of aromatic nitrogens is 1. The standard InChI is InChI=1S/C25H27FN2O2/c1-2-3-4-5-6-7-16-30-23-12-8-10-21(24(23)26)18-28-25(29)20-13-14-22-19(17-20)11-9-15-27-22/h2-3,8-15,17H,4-7,16,18H2,1H3,(H,28,29). The van der Waals surface area contributed by atoms with Gasteiger partial charge < -0.3 is 10.1 Å². The molecule has 1 aromatic heterocycles. The Bertz CT molecular complexity index is 1020. The zero-order valence-electron chi connectivity index (χ0n) is 17.2. The third-order valence-corrected chi connectivity index (χ3v) is 4.86. The largest absolute Gasteiger partial charge is 0.491 e. The quantitative estimate of drug-likeness (QED) is 0.341. The number of carbonyl (C=O) groups excluding carboxylic acids is 1. The number of nitrogens with one attached hydrogen (secondary N) is 1. The molecule has 30 heavy (non-hydrogen) atoms. The van der Waals surface area contributed by atoms with E-state index in [0.717, 1.165) is 36.6 Å². The minimum atomic E-state index is -0.422. The van der Waals surface area contributed by atoms with E-state index in [-0.39, 0.29) is 18.2 Å². The van der Waals surface area contributed by atoms with E-state index < -0.39 is 5.82 Å². The van der Waals surface area contributed by atoms with Crippen LogP contribution in [0.4, 0.5) is 4.39 Å². The second-order valence-electron chi connectivity index (χ2n) is 7.09. The van der Waals surface area contributed by atoms with Gasteiger partial charge in [0.2, 0.25) is 0 Å². The van der Waals surface area contributed by atoms with Crippen molar-refractivity contribution in [2.24, 2.45) is 0 Å². The summed E-state index contributed by atoms with van der Waals surface area (Å²) in [5.41, 5.74) is 1.74. The summed E-state index contributed by atoms with van der Waals surface area (Å²) in [4.78, 5) is 16.7. The molecule has 0 unspecified atom stereocenters.